The molecule has 0 spiro atoms. The first-order valence-electron chi connectivity index (χ1n) is 11.2. The number of pyridine rings is 1. The minimum atomic E-state index is -0.459. The van der Waals surface area contributed by atoms with Crippen molar-refractivity contribution in [2.75, 3.05) is 37.0 Å². The minimum absolute atomic E-state index is 0.0469. The van der Waals surface area contributed by atoms with Gasteiger partial charge in [-0.3, -0.25) is 9.69 Å². The number of carbonyl (C=O) groups is 2. The third-order valence-corrected chi connectivity index (χ3v) is 5.65. The zero-order chi connectivity index (χ0) is 24.2. The number of benzene rings is 1. The molecule has 2 aliphatic heterocycles. The zero-order valence-electron chi connectivity index (χ0n) is 19.1. The standard InChI is InChI=1S/C24H24N6O5/c1-33-22-8-5-18(28-29-22)16-4-2-3-15(11-16)12-25-10-9-17-13-30(24(32)35-17)20-7-6-19-23(26-20)27-21(31)14-34-19/h2-8,11,17,25H,9-10,12-14H2,1H3,(H,26,27,31). The maximum atomic E-state index is 12.4. The highest BCUT2D eigenvalue weighted by Crippen LogP contribution is 2.30. The van der Waals surface area contributed by atoms with Crippen LogP contribution in [0.1, 0.15) is 12.0 Å². The molecule has 2 N–H and O–H groups in total. The molecule has 0 radical (unpaired) electrons. The summed E-state index contributed by atoms with van der Waals surface area (Å²) < 4.78 is 15.9. The van der Waals surface area contributed by atoms with Gasteiger partial charge in [0.15, 0.2) is 18.2 Å². The summed E-state index contributed by atoms with van der Waals surface area (Å²) in [5.41, 5.74) is 2.85. The van der Waals surface area contributed by atoms with Gasteiger partial charge in [0.05, 0.1) is 19.3 Å². The Balaban J connectivity index is 1.12. The molecule has 0 aliphatic carbocycles. The summed E-state index contributed by atoms with van der Waals surface area (Å²) in [6, 6.07) is 15.1. The monoisotopic (exact) mass is 476 g/mol. The van der Waals surface area contributed by atoms with Crippen molar-refractivity contribution in [3.05, 3.63) is 54.1 Å². The zero-order valence-corrected chi connectivity index (χ0v) is 19.1. The number of aromatic nitrogens is 3. The molecule has 1 aromatic carbocycles. The normalized spacial score (nSPS) is 16.8. The molecule has 0 bridgehead atoms. The summed E-state index contributed by atoms with van der Waals surface area (Å²) in [5.74, 6) is 1.39. The van der Waals surface area contributed by atoms with Gasteiger partial charge in [-0.1, -0.05) is 18.2 Å². The summed E-state index contributed by atoms with van der Waals surface area (Å²) >= 11 is 0. The maximum absolute atomic E-state index is 12.4. The number of fused-ring (bicyclic) bond motifs is 1. The van der Waals surface area contributed by atoms with E-state index in [0.29, 0.717) is 49.3 Å². The number of carbonyl (C=O) groups excluding carboxylic acids is 2. The van der Waals surface area contributed by atoms with Gasteiger partial charge in [0.25, 0.3) is 5.91 Å². The van der Waals surface area contributed by atoms with Crippen LogP contribution in [0.15, 0.2) is 48.5 Å². The summed E-state index contributed by atoms with van der Waals surface area (Å²) in [5, 5.41) is 14.3. The van der Waals surface area contributed by atoms with Gasteiger partial charge in [-0.2, -0.15) is 0 Å². The lowest BCUT2D eigenvalue weighted by Crippen LogP contribution is -2.29. The Bertz CT molecular complexity index is 1240. The lowest BCUT2D eigenvalue weighted by atomic mass is 10.1. The van der Waals surface area contributed by atoms with E-state index in [1.165, 1.54) is 4.90 Å². The van der Waals surface area contributed by atoms with Gasteiger partial charge < -0.3 is 24.8 Å². The Morgan fingerprint density at radius 1 is 1.17 bits per heavy atom. The number of nitrogens with zero attached hydrogens (tertiary/aromatic N) is 4. The predicted octanol–water partition coefficient (Wildman–Crippen LogP) is 2.38. The van der Waals surface area contributed by atoms with E-state index in [-0.39, 0.29) is 18.6 Å². The van der Waals surface area contributed by atoms with Crippen molar-refractivity contribution in [3.8, 4) is 22.9 Å². The molecule has 11 nitrogen and oxygen atoms in total. The van der Waals surface area contributed by atoms with Gasteiger partial charge in [0.1, 0.15) is 11.9 Å². The van der Waals surface area contributed by atoms with Crippen molar-refractivity contribution in [1.82, 2.24) is 20.5 Å². The molecule has 1 unspecified atom stereocenters. The molecule has 1 saturated heterocycles. The molecule has 4 heterocycles. The van der Waals surface area contributed by atoms with Crippen molar-refractivity contribution in [2.24, 2.45) is 0 Å². The van der Waals surface area contributed by atoms with Crippen LogP contribution in [-0.2, 0) is 16.1 Å². The van der Waals surface area contributed by atoms with Gasteiger partial charge in [0.2, 0.25) is 5.88 Å². The lowest BCUT2D eigenvalue weighted by molar-refractivity contribution is -0.118. The highest BCUT2D eigenvalue weighted by molar-refractivity contribution is 5.95. The summed E-state index contributed by atoms with van der Waals surface area (Å²) in [6.45, 7) is 1.66. The molecule has 1 fully saturated rings. The van der Waals surface area contributed by atoms with E-state index in [1.54, 1.807) is 25.3 Å². The summed E-state index contributed by atoms with van der Waals surface area (Å²) in [4.78, 5) is 29.7. The van der Waals surface area contributed by atoms with E-state index in [1.807, 2.05) is 24.3 Å². The van der Waals surface area contributed by atoms with Crippen molar-refractivity contribution in [1.29, 1.82) is 0 Å². The lowest BCUT2D eigenvalue weighted by Gasteiger charge is -2.19. The van der Waals surface area contributed by atoms with E-state index < -0.39 is 6.09 Å². The van der Waals surface area contributed by atoms with Gasteiger partial charge >= 0.3 is 6.09 Å². The first-order valence-corrected chi connectivity index (χ1v) is 11.2. The second kappa shape index (κ2) is 9.94. The minimum Gasteiger partial charge on any atom is -0.480 e. The first kappa shape index (κ1) is 22.5. The van der Waals surface area contributed by atoms with Gasteiger partial charge in [-0.25, -0.2) is 9.78 Å². The van der Waals surface area contributed by atoms with Crippen molar-refractivity contribution in [3.63, 3.8) is 0 Å². The van der Waals surface area contributed by atoms with Crippen LogP contribution in [0.4, 0.5) is 16.4 Å². The number of methoxy groups -OCH3 is 1. The van der Waals surface area contributed by atoms with Crippen molar-refractivity contribution >= 4 is 23.6 Å². The molecule has 180 valence electrons. The summed E-state index contributed by atoms with van der Waals surface area (Å²) in [6.07, 6.45) is -0.0742. The van der Waals surface area contributed by atoms with Gasteiger partial charge in [-0.15, -0.1) is 10.2 Å². The Morgan fingerprint density at radius 3 is 2.91 bits per heavy atom. The Hall–Kier alpha value is -4.25. The number of hydrogen-bond donors (Lipinski definition) is 2. The quantitative estimate of drug-likeness (QED) is 0.471. The number of amides is 2. The average molecular weight is 476 g/mol. The molecule has 3 aromatic rings. The van der Waals surface area contributed by atoms with E-state index in [9.17, 15) is 9.59 Å². The highest BCUT2D eigenvalue weighted by Gasteiger charge is 2.33. The molecule has 0 saturated carbocycles. The number of anilines is 2. The molecule has 2 aliphatic rings. The average Bonchev–Trinajstić information content (AvgIpc) is 3.26. The number of nitrogens with one attached hydrogen (secondary N) is 2. The Labute approximate surface area is 201 Å². The molecule has 2 amide bonds. The Kier molecular flexibility index (Phi) is 6.40. The fourth-order valence-corrected chi connectivity index (χ4v) is 3.88. The number of rotatable bonds is 8. The van der Waals surface area contributed by atoms with Crippen molar-refractivity contribution in [2.45, 2.75) is 19.1 Å². The number of ether oxygens (including phenoxy) is 3. The number of hydrogen-bond acceptors (Lipinski definition) is 9. The van der Waals surface area contributed by atoms with Crippen LogP contribution in [0.5, 0.6) is 11.6 Å². The van der Waals surface area contributed by atoms with Crippen molar-refractivity contribution < 1.29 is 23.8 Å². The van der Waals surface area contributed by atoms with Gasteiger partial charge in [-0.05, 0) is 42.8 Å². The third-order valence-electron chi connectivity index (χ3n) is 5.65. The molecule has 5 rings (SSSR count). The van der Waals surface area contributed by atoms with Crippen LogP contribution in [-0.4, -0.2) is 60.1 Å². The van der Waals surface area contributed by atoms with E-state index in [4.69, 9.17) is 14.2 Å². The van der Waals surface area contributed by atoms with E-state index >= 15 is 0 Å². The van der Waals surface area contributed by atoms with Crippen LogP contribution in [0.3, 0.4) is 0 Å². The topological polar surface area (TPSA) is 128 Å². The molecule has 2 aromatic heterocycles. The fraction of sp³-hybridized carbons (Fsp3) is 0.292. The molecular formula is C24H24N6O5. The van der Waals surface area contributed by atoms with Crippen LogP contribution < -0.4 is 25.0 Å². The molecule has 1 atom stereocenters. The van der Waals surface area contributed by atoms with Crippen LogP contribution in [0.2, 0.25) is 0 Å². The first-order chi connectivity index (χ1) is 17.1. The molecular weight excluding hydrogens is 452 g/mol. The summed E-state index contributed by atoms with van der Waals surface area (Å²) in [7, 11) is 1.56. The smallest absolute Gasteiger partial charge is 0.415 e. The van der Waals surface area contributed by atoms with Crippen LogP contribution in [0, 0.1) is 0 Å². The largest absolute Gasteiger partial charge is 0.480 e. The predicted molar refractivity (Wildman–Crippen MR) is 126 cm³/mol. The Morgan fingerprint density at radius 2 is 2.09 bits per heavy atom. The van der Waals surface area contributed by atoms with Crippen LogP contribution in [0.25, 0.3) is 11.3 Å². The molecule has 35 heavy (non-hydrogen) atoms. The number of cyclic esters (lactones) is 1. The van der Waals surface area contributed by atoms with Gasteiger partial charge in [0, 0.05) is 18.2 Å². The van der Waals surface area contributed by atoms with E-state index in [0.717, 1.165) is 16.8 Å². The SMILES string of the molecule is COc1ccc(-c2cccc(CNCCC3CN(c4ccc5c(n4)NC(=O)CO5)C(=O)O3)c2)nn1. The third kappa shape index (κ3) is 5.14. The van der Waals surface area contributed by atoms with Crippen LogP contribution >= 0.6 is 0 Å². The maximum Gasteiger partial charge on any atom is 0.415 e. The highest BCUT2D eigenvalue weighted by atomic mass is 16.6. The fourth-order valence-electron chi connectivity index (χ4n) is 3.88. The second-order valence-corrected chi connectivity index (χ2v) is 8.10. The molecule has 11 heteroatoms. The second-order valence-electron chi connectivity index (χ2n) is 8.10. The van der Waals surface area contributed by atoms with E-state index in [2.05, 4.69) is 31.9 Å².